The number of rotatable bonds is 6. The summed E-state index contributed by atoms with van der Waals surface area (Å²) in [5.74, 6) is -0.382. The van der Waals surface area contributed by atoms with Crippen molar-refractivity contribution in [1.82, 2.24) is 15.2 Å². The van der Waals surface area contributed by atoms with Crippen molar-refractivity contribution in [2.24, 2.45) is 0 Å². The second kappa shape index (κ2) is 10.6. The molecule has 1 aromatic carbocycles. The molecule has 31 heavy (non-hydrogen) atoms. The average Bonchev–Trinajstić information content (AvgIpc) is 3.25. The monoisotopic (exact) mass is 449 g/mol. The van der Waals surface area contributed by atoms with Gasteiger partial charge in [0, 0.05) is 30.7 Å². The molecule has 0 saturated carbocycles. The number of nitrogens with zero attached hydrogens (tertiary/aromatic N) is 2. The minimum absolute atomic E-state index is 0.0883. The number of nitrogens with one attached hydrogen (secondary N) is 1. The fourth-order valence-corrected chi connectivity index (χ4v) is 4.86. The van der Waals surface area contributed by atoms with Crippen molar-refractivity contribution >= 4 is 17.2 Å². The van der Waals surface area contributed by atoms with Crippen molar-refractivity contribution in [1.29, 1.82) is 0 Å². The Labute approximate surface area is 185 Å². The lowest BCUT2D eigenvalue weighted by molar-refractivity contribution is -0.158. The van der Waals surface area contributed by atoms with Crippen molar-refractivity contribution in [2.45, 2.75) is 56.7 Å². The standard InChI is InChI=1S/C22H28FN3O4S/c23-16-3-1-15(2-4-16)10-25-21(28)9-18-5-6-19-20(30-18)14-29-13-17(27)11-26(19)12-22-24-7-8-31-22/h1-4,7-8,17-20,27H,5-6,9-14H2,(H,25,28)/t17-,18-,19+,20-/m1/s1. The molecule has 2 aliphatic heterocycles. The van der Waals surface area contributed by atoms with Gasteiger partial charge in [0.15, 0.2) is 0 Å². The van der Waals surface area contributed by atoms with E-state index in [0.29, 0.717) is 26.2 Å². The number of ether oxygens (including phenoxy) is 2. The Kier molecular flexibility index (Phi) is 7.62. The number of aliphatic hydroxyl groups excluding tert-OH is 1. The van der Waals surface area contributed by atoms with E-state index in [1.807, 2.05) is 5.38 Å². The Balaban J connectivity index is 1.31. The summed E-state index contributed by atoms with van der Waals surface area (Å²) >= 11 is 1.60. The van der Waals surface area contributed by atoms with E-state index in [4.69, 9.17) is 9.47 Å². The van der Waals surface area contributed by atoms with E-state index in [9.17, 15) is 14.3 Å². The van der Waals surface area contributed by atoms with Gasteiger partial charge < -0.3 is 19.9 Å². The minimum atomic E-state index is -0.545. The van der Waals surface area contributed by atoms with Gasteiger partial charge in [-0.25, -0.2) is 9.37 Å². The second-order valence-electron chi connectivity index (χ2n) is 8.10. The Morgan fingerprint density at radius 3 is 2.90 bits per heavy atom. The molecule has 9 heteroatoms. The molecule has 2 aliphatic rings. The third-order valence-electron chi connectivity index (χ3n) is 5.73. The number of aliphatic hydroxyl groups is 1. The van der Waals surface area contributed by atoms with Gasteiger partial charge in [-0.15, -0.1) is 11.3 Å². The molecular formula is C22H28FN3O4S. The lowest BCUT2D eigenvalue weighted by Gasteiger charge is -2.44. The molecule has 1 amide bonds. The van der Waals surface area contributed by atoms with Crippen LogP contribution >= 0.6 is 11.3 Å². The first-order valence-electron chi connectivity index (χ1n) is 10.6. The van der Waals surface area contributed by atoms with E-state index in [0.717, 1.165) is 23.4 Å². The van der Waals surface area contributed by atoms with Gasteiger partial charge in [-0.3, -0.25) is 9.69 Å². The summed E-state index contributed by atoms with van der Waals surface area (Å²) in [4.78, 5) is 19.0. The van der Waals surface area contributed by atoms with Crippen LogP contribution in [-0.4, -0.2) is 65.0 Å². The Bertz CT molecular complexity index is 836. The zero-order valence-corrected chi connectivity index (χ0v) is 18.1. The maximum absolute atomic E-state index is 13.0. The number of aromatic nitrogens is 1. The summed E-state index contributed by atoms with van der Waals surface area (Å²) in [6.45, 7) is 2.20. The zero-order valence-electron chi connectivity index (χ0n) is 17.3. The van der Waals surface area contributed by atoms with Gasteiger partial charge in [0.25, 0.3) is 0 Å². The highest BCUT2D eigenvalue weighted by Crippen LogP contribution is 2.29. The topological polar surface area (TPSA) is 83.9 Å². The molecule has 0 unspecified atom stereocenters. The molecule has 4 rings (SSSR count). The largest absolute Gasteiger partial charge is 0.389 e. The summed E-state index contributed by atoms with van der Waals surface area (Å²) < 4.78 is 24.9. The number of halogens is 1. The summed E-state index contributed by atoms with van der Waals surface area (Å²) in [6, 6.07) is 6.20. The number of hydrogen-bond acceptors (Lipinski definition) is 7. The average molecular weight is 450 g/mol. The molecule has 0 radical (unpaired) electrons. The summed E-state index contributed by atoms with van der Waals surface area (Å²) in [7, 11) is 0. The zero-order chi connectivity index (χ0) is 21.6. The number of β-amino-alcohol motifs (C(OH)–C–C–N with tert-alkyl or cyclic N) is 1. The van der Waals surface area contributed by atoms with Gasteiger partial charge >= 0.3 is 0 Å². The first-order valence-corrected chi connectivity index (χ1v) is 11.5. The molecule has 0 aliphatic carbocycles. The Morgan fingerprint density at radius 1 is 1.29 bits per heavy atom. The smallest absolute Gasteiger partial charge is 0.222 e. The Hall–Kier alpha value is -1.91. The van der Waals surface area contributed by atoms with Gasteiger partial charge in [0.05, 0.1) is 44.5 Å². The number of hydrogen-bond donors (Lipinski definition) is 2. The number of amides is 1. The van der Waals surface area contributed by atoms with E-state index in [1.54, 1.807) is 29.7 Å². The van der Waals surface area contributed by atoms with Gasteiger partial charge in [-0.2, -0.15) is 0 Å². The van der Waals surface area contributed by atoms with Crippen molar-refractivity contribution in [2.75, 3.05) is 19.8 Å². The van der Waals surface area contributed by atoms with Crippen LogP contribution < -0.4 is 5.32 Å². The molecule has 3 heterocycles. The highest BCUT2D eigenvalue weighted by atomic mass is 32.1. The quantitative estimate of drug-likeness (QED) is 0.703. The van der Waals surface area contributed by atoms with E-state index >= 15 is 0 Å². The molecule has 2 aromatic rings. The van der Waals surface area contributed by atoms with Gasteiger partial charge in [0.2, 0.25) is 5.91 Å². The molecule has 7 nitrogen and oxygen atoms in total. The molecule has 4 atom stereocenters. The molecule has 1 aromatic heterocycles. The van der Waals surface area contributed by atoms with Crippen LogP contribution in [0.5, 0.6) is 0 Å². The fraction of sp³-hybridized carbons (Fsp3) is 0.545. The number of fused-ring (bicyclic) bond motifs is 1. The van der Waals surface area contributed by atoms with Crippen LogP contribution in [0, 0.1) is 5.82 Å². The number of thiazole rings is 1. The lowest BCUT2D eigenvalue weighted by Crippen LogP contribution is -2.55. The van der Waals surface area contributed by atoms with Gasteiger partial charge in [-0.1, -0.05) is 12.1 Å². The van der Waals surface area contributed by atoms with Crippen LogP contribution in [-0.2, 0) is 27.4 Å². The lowest BCUT2D eigenvalue weighted by atomic mass is 9.94. The van der Waals surface area contributed by atoms with E-state index in [2.05, 4.69) is 15.2 Å². The molecule has 0 bridgehead atoms. The normalized spacial score (nSPS) is 27.2. The molecule has 0 spiro atoms. The van der Waals surface area contributed by atoms with Crippen LogP contribution in [0.3, 0.4) is 0 Å². The summed E-state index contributed by atoms with van der Waals surface area (Å²) in [5.41, 5.74) is 0.851. The molecule has 2 saturated heterocycles. The van der Waals surface area contributed by atoms with Crippen LogP contribution in [0.1, 0.15) is 29.8 Å². The van der Waals surface area contributed by atoms with E-state index in [-0.39, 0.29) is 43.0 Å². The highest BCUT2D eigenvalue weighted by molar-refractivity contribution is 7.09. The first kappa shape index (κ1) is 22.3. The molecular weight excluding hydrogens is 421 g/mol. The number of carbonyl (C=O) groups excluding carboxylic acids is 1. The van der Waals surface area contributed by atoms with Crippen molar-refractivity contribution < 1.29 is 23.8 Å². The van der Waals surface area contributed by atoms with Crippen molar-refractivity contribution in [3.63, 3.8) is 0 Å². The van der Waals surface area contributed by atoms with Crippen LogP contribution in [0.4, 0.5) is 4.39 Å². The third-order valence-corrected chi connectivity index (χ3v) is 6.49. The molecule has 2 N–H and O–H groups in total. The Morgan fingerprint density at radius 2 is 2.13 bits per heavy atom. The number of benzene rings is 1. The van der Waals surface area contributed by atoms with E-state index in [1.165, 1.54) is 12.1 Å². The van der Waals surface area contributed by atoms with Crippen LogP contribution in [0.15, 0.2) is 35.8 Å². The summed E-state index contributed by atoms with van der Waals surface area (Å²) in [6.07, 6.45) is 2.81. The van der Waals surface area contributed by atoms with Gasteiger partial charge in [-0.05, 0) is 30.5 Å². The van der Waals surface area contributed by atoms with Crippen molar-refractivity contribution in [3.05, 3.63) is 52.2 Å². The van der Waals surface area contributed by atoms with Crippen LogP contribution in [0.2, 0.25) is 0 Å². The maximum atomic E-state index is 13.0. The predicted molar refractivity (Wildman–Crippen MR) is 114 cm³/mol. The van der Waals surface area contributed by atoms with Gasteiger partial charge in [0.1, 0.15) is 10.8 Å². The SMILES string of the molecule is O=C(C[C@H]1CC[C@H]2[C@@H](COC[C@H](O)CN2Cc2nccs2)O1)NCc1ccc(F)cc1. The molecule has 168 valence electrons. The number of carbonyl (C=O) groups is 1. The third kappa shape index (κ3) is 6.30. The highest BCUT2D eigenvalue weighted by Gasteiger charge is 2.38. The first-order chi connectivity index (χ1) is 15.1. The summed E-state index contributed by atoms with van der Waals surface area (Å²) in [5, 5.41) is 16.1. The second-order valence-corrected chi connectivity index (χ2v) is 9.07. The molecule has 2 fully saturated rings. The van der Waals surface area contributed by atoms with Crippen molar-refractivity contribution in [3.8, 4) is 0 Å². The van der Waals surface area contributed by atoms with E-state index < -0.39 is 6.10 Å². The minimum Gasteiger partial charge on any atom is -0.389 e. The van der Waals surface area contributed by atoms with Crippen LogP contribution in [0.25, 0.3) is 0 Å². The maximum Gasteiger partial charge on any atom is 0.222 e. The fourth-order valence-electron chi connectivity index (χ4n) is 4.21. The predicted octanol–water partition coefficient (Wildman–Crippen LogP) is 2.10.